The summed E-state index contributed by atoms with van der Waals surface area (Å²) in [5.41, 5.74) is 1.07. The first-order chi connectivity index (χ1) is 13.8. The molecule has 1 spiro atoms. The van der Waals surface area contributed by atoms with Crippen molar-refractivity contribution in [1.29, 1.82) is 0 Å². The molecule has 0 bridgehead atoms. The van der Waals surface area contributed by atoms with Crippen LogP contribution in [0.5, 0.6) is 0 Å². The van der Waals surface area contributed by atoms with E-state index >= 15 is 0 Å². The number of hydrogen-bond donors (Lipinski definition) is 0. The number of rotatable bonds is 2. The first kappa shape index (κ1) is 20.8. The molecule has 2 aliphatic heterocycles. The topological polar surface area (TPSA) is 18.5 Å². The van der Waals surface area contributed by atoms with Crippen LogP contribution in [0.1, 0.15) is 105 Å². The lowest BCUT2D eigenvalue weighted by Gasteiger charge is -2.54. The lowest BCUT2D eigenvalue weighted by atomic mass is 9.51. The van der Waals surface area contributed by atoms with Crippen LogP contribution in [-0.2, 0) is 9.47 Å². The molecule has 5 fully saturated rings. The Labute approximate surface area is 179 Å². The molecule has 2 nitrogen and oxygen atoms in total. The van der Waals surface area contributed by atoms with Gasteiger partial charge < -0.3 is 9.47 Å². The third kappa shape index (κ3) is 3.01. The maximum atomic E-state index is 6.86. The zero-order valence-corrected chi connectivity index (χ0v) is 19.8. The Morgan fingerprint density at radius 3 is 2.41 bits per heavy atom. The minimum Gasteiger partial charge on any atom is -0.349 e. The Bertz CT molecular complexity index is 608. The van der Waals surface area contributed by atoms with Gasteiger partial charge in [-0.2, -0.15) is 0 Å². The van der Waals surface area contributed by atoms with Gasteiger partial charge in [0.2, 0.25) is 0 Å². The van der Waals surface area contributed by atoms with E-state index < -0.39 is 0 Å². The highest BCUT2D eigenvalue weighted by Crippen LogP contribution is 2.67. The van der Waals surface area contributed by atoms with Crippen LogP contribution in [0.3, 0.4) is 0 Å². The maximum absolute atomic E-state index is 6.86. The number of ether oxygens (including phenoxy) is 2. The molecule has 166 valence electrons. The van der Waals surface area contributed by atoms with Crippen LogP contribution in [0.4, 0.5) is 0 Å². The molecule has 2 heteroatoms. The lowest BCUT2D eigenvalue weighted by molar-refractivity contribution is -0.272. The second-order valence-electron chi connectivity index (χ2n) is 12.5. The largest absolute Gasteiger partial charge is 0.349 e. The fraction of sp³-hybridized carbons (Fsp3) is 1.00. The summed E-state index contributed by atoms with van der Waals surface area (Å²) >= 11 is 0. The van der Waals surface area contributed by atoms with Crippen molar-refractivity contribution in [3.05, 3.63) is 0 Å². The standard InChI is InChI=1S/C27H46O2/c1-6-20-9-7-8-12-25(20,4)21-11-13-26(5)22(15-21)16-23-24(26)19(3)27(29-23)14-10-18(2)17-28-27/h18-24H,6-17H2,1-5H3/t18-,19-,20+,21?,22?,23?,24?,25-,26-,27+/m0/s1. The predicted molar refractivity (Wildman–Crippen MR) is 119 cm³/mol. The summed E-state index contributed by atoms with van der Waals surface area (Å²) in [6.45, 7) is 13.4. The third-order valence-electron chi connectivity index (χ3n) is 11.3. The van der Waals surface area contributed by atoms with Crippen LogP contribution in [0.15, 0.2) is 0 Å². The predicted octanol–water partition coefficient (Wildman–Crippen LogP) is 7.21. The van der Waals surface area contributed by atoms with Gasteiger partial charge in [0.15, 0.2) is 5.79 Å². The van der Waals surface area contributed by atoms with Gasteiger partial charge in [-0.3, -0.25) is 0 Å². The normalized spacial score (nSPS) is 57.6. The van der Waals surface area contributed by atoms with Gasteiger partial charge in [0.25, 0.3) is 0 Å². The number of fused-ring (bicyclic) bond motifs is 3. The fourth-order valence-corrected chi connectivity index (χ4v) is 9.30. The molecule has 2 heterocycles. The molecule has 5 rings (SSSR count). The van der Waals surface area contributed by atoms with Gasteiger partial charge in [-0.1, -0.05) is 53.9 Å². The van der Waals surface area contributed by atoms with E-state index in [4.69, 9.17) is 9.47 Å². The van der Waals surface area contributed by atoms with Crippen LogP contribution in [0.2, 0.25) is 0 Å². The van der Waals surface area contributed by atoms with E-state index in [0.29, 0.717) is 34.7 Å². The van der Waals surface area contributed by atoms with Gasteiger partial charge in [0.05, 0.1) is 12.7 Å². The highest BCUT2D eigenvalue weighted by atomic mass is 16.7. The van der Waals surface area contributed by atoms with Crippen molar-refractivity contribution in [3.8, 4) is 0 Å². The molecule has 29 heavy (non-hydrogen) atoms. The Hall–Kier alpha value is -0.0800. The minimum atomic E-state index is -0.255. The molecule has 0 amide bonds. The van der Waals surface area contributed by atoms with E-state index in [2.05, 4.69) is 34.6 Å². The molecule has 3 saturated carbocycles. The van der Waals surface area contributed by atoms with Gasteiger partial charge in [0.1, 0.15) is 0 Å². The Balaban J connectivity index is 1.33. The SMILES string of the molecule is CC[C@@H]1CCCC[C@]1(C)C1CC[C@@]2(C)C(CC3O[C@]4(CC[C@H](C)CO4)[C@@H](C)C32)C1. The smallest absolute Gasteiger partial charge is 0.171 e. The van der Waals surface area contributed by atoms with E-state index in [-0.39, 0.29) is 5.79 Å². The van der Waals surface area contributed by atoms with Crippen LogP contribution in [0.25, 0.3) is 0 Å². The summed E-state index contributed by atoms with van der Waals surface area (Å²) < 4.78 is 13.3. The van der Waals surface area contributed by atoms with Crippen molar-refractivity contribution in [2.24, 2.45) is 46.3 Å². The molecule has 2 saturated heterocycles. The van der Waals surface area contributed by atoms with E-state index in [0.717, 1.165) is 30.8 Å². The lowest BCUT2D eigenvalue weighted by Crippen LogP contribution is -2.48. The van der Waals surface area contributed by atoms with Crippen molar-refractivity contribution in [2.45, 2.75) is 117 Å². The highest BCUT2D eigenvalue weighted by Gasteiger charge is 2.66. The van der Waals surface area contributed by atoms with E-state index in [1.165, 1.54) is 64.2 Å². The van der Waals surface area contributed by atoms with Crippen molar-refractivity contribution < 1.29 is 9.47 Å². The first-order valence-corrected chi connectivity index (χ1v) is 13.1. The molecule has 5 aliphatic rings. The van der Waals surface area contributed by atoms with Crippen molar-refractivity contribution in [1.82, 2.24) is 0 Å². The molecule has 0 radical (unpaired) electrons. The van der Waals surface area contributed by atoms with Crippen LogP contribution < -0.4 is 0 Å². The second kappa shape index (κ2) is 7.22. The first-order valence-electron chi connectivity index (χ1n) is 13.1. The van der Waals surface area contributed by atoms with Crippen molar-refractivity contribution in [2.75, 3.05) is 6.61 Å². The maximum Gasteiger partial charge on any atom is 0.171 e. The quantitative estimate of drug-likeness (QED) is 0.485. The molecule has 0 aromatic rings. The Kier molecular flexibility index (Phi) is 5.18. The Morgan fingerprint density at radius 1 is 0.862 bits per heavy atom. The summed E-state index contributed by atoms with van der Waals surface area (Å²) in [5, 5.41) is 0. The second-order valence-corrected chi connectivity index (χ2v) is 12.5. The summed E-state index contributed by atoms with van der Waals surface area (Å²) in [4.78, 5) is 0. The van der Waals surface area contributed by atoms with E-state index in [1.807, 2.05) is 0 Å². The molecule has 0 aromatic heterocycles. The highest BCUT2D eigenvalue weighted by molar-refractivity contribution is 5.12. The summed E-state index contributed by atoms with van der Waals surface area (Å²) in [7, 11) is 0. The third-order valence-corrected chi connectivity index (χ3v) is 11.3. The molecular weight excluding hydrogens is 356 g/mol. The zero-order chi connectivity index (χ0) is 20.4. The fourth-order valence-electron chi connectivity index (χ4n) is 9.30. The molecule has 0 aromatic carbocycles. The Morgan fingerprint density at radius 2 is 1.69 bits per heavy atom. The molecule has 0 N–H and O–H groups in total. The molecular formula is C27H46O2. The van der Waals surface area contributed by atoms with Gasteiger partial charge in [-0.05, 0) is 85.4 Å². The van der Waals surface area contributed by atoms with Gasteiger partial charge >= 0.3 is 0 Å². The average molecular weight is 403 g/mol. The zero-order valence-electron chi connectivity index (χ0n) is 19.8. The van der Waals surface area contributed by atoms with Crippen LogP contribution in [-0.4, -0.2) is 18.5 Å². The minimum absolute atomic E-state index is 0.255. The van der Waals surface area contributed by atoms with Gasteiger partial charge in [0, 0.05) is 12.3 Å². The summed E-state index contributed by atoms with van der Waals surface area (Å²) in [6.07, 6.45) is 15.8. The van der Waals surface area contributed by atoms with E-state index in [9.17, 15) is 0 Å². The van der Waals surface area contributed by atoms with Gasteiger partial charge in [-0.15, -0.1) is 0 Å². The molecule has 4 unspecified atom stereocenters. The number of hydrogen-bond acceptors (Lipinski definition) is 2. The summed E-state index contributed by atoms with van der Waals surface area (Å²) in [6, 6.07) is 0. The van der Waals surface area contributed by atoms with Crippen LogP contribution >= 0.6 is 0 Å². The van der Waals surface area contributed by atoms with Crippen LogP contribution in [0, 0.1) is 46.3 Å². The van der Waals surface area contributed by atoms with Crippen molar-refractivity contribution in [3.63, 3.8) is 0 Å². The van der Waals surface area contributed by atoms with Crippen molar-refractivity contribution >= 4 is 0 Å². The molecule has 3 aliphatic carbocycles. The average Bonchev–Trinajstić information content (AvgIpc) is 3.14. The van der Waals surface area contributed by atoms with Gasteiger partial charge in [-0.25, -0.2) is 0 Å². The molecule has 10 atom stereocenters. The monoisotopic (exact) mass is 402 g/mol. The summed E-state index contributed by atoms with van der Waals surface area (Å²) in [5.74, 6) is 4.48. The van der Waals surface area contributed by atoms with E-state index in [1.54, 1.807) is 0 Å².